The minimum absolute atomic E-state index is 0.118. The molecule has 2 aromatic rings. The van der Waals surface area contributed by atoms with Crippen molar-refractivity contribution in [1.82, 2.24) is 10.2 Å². The molecular weight excluding hydrogens is 214 g/mol. The molecule has 1 heterocycles. The topological polar surface area (TPSA) is 46.0 Å². The van der Waals surface area contributed by atoms with Crippen LogP contribution in [-0.2, 0) is 0 Å². The smallest absolute Gasteiger partial charge is 0.129 e. The van der Waals surface area contributed by atoms with Gasteiger partial charge in [0, 0.05) is 17.3 Å². The third kappa shape index (κ3) is 2.04. The van der Waals surface area contributed by atoms with Crippen LogP contribution in [0.5, 0.6) is 0 Å². The predicted octanol–water partition coefficient (Wildman–Crippen LogP) is 1.84. The van der Waals surface area contributed by atoms with Crippen LogP contribution >= 0.6 is 0 Å². The van der Waals surface area contributed by atoms with Gasteiger partial charge in [-0.15, -0.1) is 0 Å². The average molecular weight is 222 g/mol. The molecule has 16 heavy (non-hydrogen) atoms. The van der Waals surface area contributed by atoms with E-state index in [1.165, 1.54) is 18.5 Å². The van der Waals surface area contributed by atoms with Crippen molar-refractivity contribution in [3.63, 3.8) is 0 Å². The van der Waals surface area contributed by atoms with Crippen molar-refractivity contribution in [2.24, 2.45) is 0 Å². The molecule has 0 aliphatic rings. The summed E-state index contributed by atoms with van der Waals surface area (Å²) in [5.74, 6) is -1.26. The molecule has 0 saturated carbocycles. The molecule has 0 radical (unpaired) electrons. The van der Waals surface area contributed by atoms with Crippen molar-refractivity contribution >= 4 is 0 Å². The van der Waals surface area contributed by atoms with Crippen LogP contribution < -0.4 is 0 Å². The number of aliphatic hydroxyl groups excluding tert-OH is 1. The van der Waals surface area contributed by atoms with E-state index >= 15 is 0 Å². The Bertz CT molecular complexity index is 491. The maximum atomic E-state index is 13.3. The van der Waals surface area contributed by atoms with E-state index in [0.717, 1.165) is 18.2 Å². The first-order valence-electron chi connectivity index (χ1n) is 4.58. The average Bonchev–Trinajstić information content (AvgIpc) is 2.32. The summed E-state index contributed by atoms with van der Waals surface area (Å²) in [6.07, 6.45) is 1.43. The number of hydrogen-bond donors (Lipinski definition) is 1. The summed E-state index contributed by atoms with van der Waals surface area (Å²) in [5, 5.41) is 16.9. The molecule has 0 amide bonds. The lowest BCUT2D eigenvalue weighted by molar-refractivity contribution is 0.213. The second-order valence-corrected chi connectivity index (χ2v) is 3.24. The van der Waals surface area contributed by atoms with Crippen molar-refractivity contribution in [2.45, 2.75) is 6.10 Å². The molecule has 0 fully saturated rings. The van der Waals surface area contributed by atoms with Crippen LogP contribution in [-0.4, -0.2) is 15.3 Å². The van der Waals surface area contributed by atoms with E-state index in [4.69, 9.17) is 0 Å². The van der Waals surface area contributed by atoms with Gasteiger partial charge in [0.1, 0.15) is 17.7 Å². The summed E-state index contributed by atoms with van der Waals surface area (Å²) in [6, 6.07) is 4.42. The Morgan fingerprint density at radius 3 is 2.62 bits per heavy atom. The molecular formula is C11H8F2N2O. The standard InChI is InChI=1S/C11H8F2N2O/c12-8-1-2-10(13)9(5-8)11(16)7-3-4-14-15-6-7/h1-6,11,16H. The minimum atomic E-state index is -1.24. The van der Waals surface area contributed by atoms with Gasteiger partial charge in [-0.3, -0.25) is 0 Å². The van der Waals surface area contributed by atoms with E-state index in [2.05, 4.69) is 10.2 Å². The van der Waals surface area contributed by atoms with Gasteiger partial charge in [-0.05, 0) is 24.3 Å². The van der Waals surface area contributed by atoms with Gasteiger partial charge in [0.05, 0.1) is 6.20 Å². The van der Waals surface area contributed by atoms with Crippen LogP contribution in [0.25, 0.3) is 0 Å². The molecule has 82 valence electrons. The van der Waals surface area contributed by atoms with E-state index in [9.17, 15) is 13.9 Å². The van der Waals surface area contributed by atoms with Crippen LogP contribution in [0.3, 0.4) is 0 Å². The summed E-state index contributed by atoms with van der Waals surface area (Å²) in [6.45, 7) is 0. The van der Waals surface area contributed by atoms with Gasteiger partial charge in [-0.25, -0.2) is 8.78 Å². The summed E-state index contributed by atoms with van der Waals surface area (Å²) in [7, 11) is 0. The van der Waals surface area contributed by atoms with Crippen LogP contribution in [0.1, 0.15) is 17.2 Å². The number of nitrogens with zero attached hydrogens (tertiary/aromatic N) is 2. The highest BCUT2D eigenvalue weighted by Gasteiger charge is 2.15. The maximum absolute atomic E-state index is 13.3. The number of aliphatic hydroxyl groups is 1. The fourth-order valence-corrected chi connectivity index (χ4v) is 1.37. The second kappa shape index (κ2) is 4.32. The molecule has 1 aromatic carbocycles. The number of aromatic nitrogens is 2. The van der Waals surface area contributed by atoms with Crippen LogP contribution in [0, 0.1) is 11.6 Å². The summed E-state index contributed by atoms with van der Waals surface area (Å²) >= 11 is 0. The molecule has 5 heteroatoms. The molecule has 0 aliphatic carbocycles. The Kier molecular flexibility index (Phi) is 2.87. The molecule has 1 unspecified atom stereocenters. The van der Waals surface area contributed by atoms with Gasteiger partial charge in [0.25, 0.3) is 0 Å². The van der Waals surface area contributed by atoms with Gasteiger partial charge in [0.2, 0.25) is 0 Å². The van der Waals surface area contributed by atoms with Crippen molar-refractivity contribution < 1.29 is 13.9 Å². The Labute approximate surface area is 90.4 Å². The SMILES string of the molecule is OC(c1ccnnc1)c1cc(F)ccc1F. The molecule has 3 nitrogen and oxygen atoms in total. The zero-order valence-electron chi connectivity index (χ0n) is 8.14. The van der Waals surface area contributed by atoms with E-state index in [1.54, 1.807) is 0 Å². The molecule has 0 bridgehead atoms. The summed E-state index contributed by atoms with van der Waals surface area (Å²) in [5.41, 5.74) is 0.243. The highest BCUT2D eigenvalue weighted by Crippen LogP contribution is 2.23. The first kappa shape index (κ1) is 10.6. The van der Waals surface area contributed by atoms with Crippen LogP contribution in [0.2, 0.25) is 0 Å². The lowest BCUT2D eigenvalue weighted by Gasteiger charge is -2.11. The fourth-order valence-electron chi connectivity index (χ4n) is 1.37. The highest BCUT2D eigenvalue weighted by atomic mass is 19.1. The lowest BCUT2D eigenvalue weighted by atomic mass is 10.0. The van der Waals surface area contributed by atoms with E-state index in [1.807, 2.05) is 0 Å². The Morgan fingerprint density at radius 1 is 1.12 bits per heavy atom. The van der Waals surface area contributed by atoms with Gasteiger partial charge in [-0.2, -0.15) is 10.2 Å². The van der Waals surface area contributed by atoms with Crippen LogP contribution in [0.4, 0.5) is 8.78 Å². The van der Waals surface area contributed by atoms with Crippen molar-refractivity contribution in [1.29, 1.82) is 0 Å². The minimum Gasteiger partial charge on any atom is -0.383 e. The second-order valence-electron chi connectivity index (χ2n) is 3.24. The van der Waals surface area contributed by atoms with Gasteiger partial charge >= 0.3 is 0 Å². The maximum Gasteiger partial charge on any atom is 0.129 e. The molecule has 0 saturated heterocycles. The Hall–Kier alpha value is -1.88. The first-order valence-corrected chi connectivity index (χ1v) is 4.58. The van der Waals surface area contributed by atoms with Gasteiger partial charge in [0.15, 0.2) is 0 Å². The quantitative estimate of drug-likeness (QED) is 0.843. The van der Waals surface area contributed by atoms with Gasteiger partial charge < -0.3 is 5.11 Å². The zero-order valence-corrected chi connectivity index (χ0v) is 8.14. The number of benzene rings is 1. The molecule has 0 spiro atoms. The highest BCUT2D eigenvalue weighted by molar-refractivity contribution is 5.28. The molecule has 2 rings (SSSR count). The largest absolute Gasteiger partial charge is 0.383 e. The third-order valence-electron chi connectivity index (χ3n) is 2.18. The number of halogens is 2. The van der Waals surface area contributed by atoms with Gasteiger partial charge in [-0.1, -0.05) is 0 Å². The zero-order chi connectivity index (χ0) is 11.5. The first-order chi connectivity index (χ1) is 7.68. The summed E-state index contributed by atoms with van der Waals surface area (Å²) < 4.78 is 26.3. The Balaban J connectivity index is 2.41. The normalized spacial score (nSPS) is 12.4. The van der Waals surface area contributed by atoms with Crippen molar-refractivity contribution in [3.8, 4) is 0 Å². The Morgan fingerprint density at radius 2 is 1.94 bits per heavy atom. The third-order valence-corrected chi connectivity index (χ3v) is 2.18. The van der Waals surface area contributed by atoms with E-state index in [-0.39, 0.29) is 5.56 Å². The van der Waals surface area contributed by atoms with E-state index in [0.29, 0.717) is 5.56 Å². The molecule has 0 aliphatic heterocycles. The lowest BCUT2D eigenvalue weighted by Crippen LogP contribution is -2.04. The predicted molar refractivity (Wildman–Crippen MR) is 52.5 cm³/mol. The number of rotatable bonds is 2. The monoisotopic (exact) mass is 222 g/mol. The summed E-state index contributed by atoms with van der Waals surface area (Å²) in [4.78, 5) is 0. The molecule has 1 atom stereocenters. The van der Waals surface area contributed by atoms with Crippen molar-refractivity contribution in [2.75, 3.05) is 0 Å². The number of hydrogen-bond acceptors (Lipinski definition) is 3. The van der Waals surface area contributed by atoms with E-state index < -0.39 is 17.7 Å². The van der Waals surface area contributed by atoms with Crippen LogP contribution in [0.15, 0.2) is 36.7 Å². The fraction of sp³-hybridized carbons (Fsp3) is 0.0909. The molecule has 1 N–H and O–H groups in total. The molecule has 1 aromatic heterocycles. The van der Waals surface area contributed by atoms with Crippen molar-refractivity contribution in [3.05, 3.63) is 59.4 Å².